The van der Waals surface area contributed by atoms with Crippen LogP contribution in [0.15, 0.2) is 73.1 Å². The number of benzene rings is 2. The number of fused-ring (bicyclic) bond motifs is 1. The van der Waals surface area contributed by atoms with Gasteiger partial charge in [0.25, 0.3) is 5.91 Å². The van der Waals surface area contributed by atoms with E-state index in [-0.39, 0.29) is 24.7 Å². The van der Waals surface area contributed by atoms with Gasteiger partial charge in [-0.3, -0.25) is 9.20 Å². The third kappa shape index (κ3) is 5.65. The average molecular weight is 533 g/mol. The van der Waals surface area contributed by atoms with Gasteiger partial charge in [-0.05, 0) is 68.2 Å². The van der Waals surface area contributed by atoms with Crippen molar-refractivity contribution in [1.29, 1.82) is 0 Å². The molecule has 2 aliphatic carbocycles. The van der Waals surface area contributed by atoms with Crippen molar-refractivity contribution in [2.24, 2.45) is 11.8 Å². The second-order valence-corrected chi connectivity index (χ2v) is 10.8. The molecule has 2 fully saturated rings. The highest BCUT2D eigenvalue weighted by Crippen LogP contribution is 2.40. The molecule has 0 saturated heterocycles. The minimum atomic E-state index is -4.10. The van der Waals surface area contributed by atoms with Crippen LogP contribution in [0.2, 0.25) is 0 Å². The van der Waals surface area contributed by atoms with Gasteiger partial charge >= 0.3 is 6.18 Å². The largest absolute Gasteiger partial charge is 0.391 e. The lowest BCUT2D eigenvalue weighted by molar-refractivity contribution is -0.183. The molecule has 0 aliphatic heterocycles. The van der Waals surface area contributed by atoms with Crippen LogP contribution in [-0.4, -0.2) is 34.1 Å². The maximum atomic E-state index is 13.1. The van der Waals surface area contributed by atoms with Crippen LogP contribution >= 0.6 is 0 Å². The molecule has 6 rings (SSSR count). The molecular weight excluding hydrogens is 501 g/mol. The molecule has 0 spiro atoms. The summed E-state index contributed by atoms with van der Waals surface area (Å²) in [7, 11) is 0. The number of aromatic nitrogens is 2. The van der Waals surface area contributed by atoms with Crippen molar-refractivity contribution in [3.63, 3.8) is 0 Å². The molecule has 2 heterocycles. The summed E-state index contributed by atoms with van der Waals surface area (Å²) < 4.78 is 41.4. The first-order valence-electron chi connectivity index (χ1n) is 13.6. The summed E-state index contributed by atoms with van der Waals surface area (Å²) in [6, 6.07) is 20.0. The van der Waals surface area contributed by atoms with E-state index in [0.717, 1.165) is 46.6 Å². The number of anilines is 1. The van der Waals surface area contributed by atoms with E-state index in [1.54, 1.807) is 0 Å². The van der Waals surface area contributed by atoms with E-state index in [2.05, 4.69) is 22.9 Å². The zero-order valence-corrected chi connectivity index (χ0v) is 21.5. The van der Waals surface area contributed by atoms with E-state index >= 15 is 0 Å². The van der Waals surface area contributed by atoms with Crippen LogP contribution in [0.25, 0.3) is 28.0 Å². The Kier molecular flexibility index (Phi) is 6.79. The summed E-state index contributed by atoms with van der Waals surface area (Å²) in [5.74, 6) is -1.04. The summed E-state index contributed by atoms with van der Waals surface area (Å²) in [5, 5.41) is 6.53. The number of amides is 1. The molecule has 2 aromatic carbocycles. The fourth-order valence-corrected chi connectivity index (χ4v) is 5.46. The molecule has 0 unspecified atom stereocenters. The summed E-state index contributed by atoms with van der Waals surface area (Å²) >= 11 is 0. The predicted octanol–water partition coefficient (Wildman–Crippen LogP) is 7.34. The van der Waals surface area contributed by atoms with Crippen molar-refractivity contribution >= 4 is 17.2 Å². The Bertz CT molecular complexity index is 1450. The lowest BCUT2D eigenvalue weighted by atomic mass is 9.81. The van der Waals surface area contributed by atoms with Crippen molar-refractivity contribution in [3.8, 4) is 22.4 Å². The van der Waals surface area contributed by atoms with E-state index in [4.69, 9.17) is 4.98 Å². The van der Waals surface area contributed by atoms with Crippen molar-refractivity contribution in [2.45, 2.75) is 50.7 Å². The Morgan fingerprint density at radius 2 is 1.62 bits per heavy atom. The molecule has 1 amide bonds. The number of pyridine rings is 1. The molecule has 2 aromatic heterocycles. The van der Waals surface area contributed by atoms with Crippen LogP contribution in [-0.2, 0) is 0 Å². The van der Waals surface area contributed by atoms with Gasteiger partial charge in [-0.15, -0.1) is 0 Å². The predicted molar refractivity (Wildman–Crippen MR) is 147 cm³/mol. The smallest absolute Gasteiger partial charge is 0.382 e. The average Bonchev–Trinajstić information content (AvgIpc) is 3.66. The fraction of sp³-hybridized carbons (Fsp3) is 0.355. The molecule has 39 heavy (non-hydrogen) atoms. The number of rotatable bonds is 7. The van der Waals surface area contributed by atoms with Crippen LogP contribution < -0.4 is 10.6 Å². The van der Waals surface area contributed by atoms with Crippen molar-refractivity contribution in [2.75, 3.05) is 11.9 Å². The number of carbonyl (C=O) groups is 1. The minimum absolute atomic E-state index is 0.0516. The van der Waals surface area contributed by atoms with Gasteiger partial charge < -0.3 is 10.6 Å². The van der Waals surface area contributed by atoms with Gasteiger partial charge in [0.05, 0.1) is 23.5 Å². The van der Waals surface area contributed by atoms with Crippen LogP contribution in [0.4, 0.5) is 18.9 Å². The third-order valence-electron chi connectivity index (χ3n) is 7.96. The van der Waals surface area contributed by atoms with E-state index in [0.29, 0.717) is 31.0 Å². The van der Waals surface area contributed by atoms with Gasteiger partial charge in [0.15, 0.2) is 5.65 Å². The second-order valence-electron chi connectivity index (χ2n) is 10.8. The highest BCUT2D eigenvalue weighted by Gasteiger charge is 2.41. The van der Waals surface area contributed by atoms with Gasteiger partial charge in [-0.25, -0.2) is 4.98 Å². The first-order chi connectivity index (χ1) is 18.8. The quantitative estimate of drug-likeness (QED) is 0.262. The van der Waals surface area contributed by atoms with Gasteiger partial charge in [0.1, 0.15) is 0 Å². The normalized spacial score (nSPS) is 19.7. The van der Waals surface area contributed by atoms with Gasteiger partial charge in [-0.2, -0.15) is 13.2 Å². The standard InChI is InChI=1S/C31H31F3N4O/c32-31(33,34)25-12-6-20(7-13-25)17-35-27-16-24(21-4-2-1-3-5-21)19-38-28(18-36-29(27)38)22-8-10-23(11-9-22)30(39)37-26-14-15-26/h1-5,8-11,16,18-20,25-26,35H,6-7,12-15,17H2,(H,37,39). The maximum Gasteiger partial charge on any atom is 0.391 e. The van der Waals surface area contributed by atoms with E-state index in [1.165, 1.54) is 0 Å². The Balaban J connectivity index is 1.27. The van der Waals surface area contributed by atoms with Gasteiger partial charge in [0.2, 0.25) is 0 Å². The lowest BCUT2D eigenvalue weighted by Crippen LogP contribution is -2.29. The zero-order valence-electron chi connectivity index (χ0n) is 21.5. The summed E-state index contributed by atoms with van der Waals surface area (Å²) in [4.78, 5) is 17.1. The Morgan fingerprint density at radius 3 is 2.28 bits per heavy atom. The molecule has 0 bridgehead atoms. The van der Waals surface area contributed by atoms with Crippen LogP contribution in [0, 0.1) is 11.8 Å². The first kappa shape index (κ1) is 25.5. The summed E-state index contributed by atoms with van der Waals surface area (Å²) in [6.45, 7) is 0.603. The molecule has 0 radical (unpaired) electrons. The molecule has 0 atom stereocenters. The number of nitrogens with one attached hydrogen (secondary N) is 2. The molecule has 5 nitrogen and oxygen atoms in total. The van der Waals surface area contributed by atoms with E-state index in [1.807, 2.05) is 65.2 Å². The highest BCUT2D eigenvalue weighted by molar-refractivity contribution is 5.95. The Labute approximate surface area is 225 Å². The number of halogens is 3. The molecule has 4 aromatic rings. The number of nitrogens with zero attached hydrogens (tertiary/aromatic N) is 2. The van der Waals surface area contributed by atoms with Crippen molar-refractivity contribution < 1.29 is 18.0 Å². The van der Waals surface area contributed by atoms with Crippen LogP contribution in [0.3, 0.4) is 0 Å². The summed E-state index contributed by atoms with van der Waals surface area (Å²) in [5.41, 5.74) is 6.13. The Hall–Kier alpha value is -3.81. The van der Waals surface area contributed by atoms with Crippen molar-refractivity contribution in [1.82, 2.24) is 14.7 Å². The maximum absolute atomic E-state index is 13.1. The number of alkyl halides is 3. The van der Waals surface area contributed by atoms with Crippen LogP contribution in [0.1, 0.15) is 48.9 Å². The SMILES string of the molecule is O=C(NC1CC1)c1ccc(-c2cnc3c(NCC4CCC(C(F)(F)F)CC4)cc(-c4ccccc4)cn23)cc1. The number of hydrogen-bond acceptors (Lipinski definition) is 3. The number of hydrogen-bond donors (Lipinski definition) is 2. The minimum Gasteiger partial charge on any atom is -0.382 e. The molecule has 202 valence electrons. The zero-order chi connectivity index (χ0) is 27.0. The molecule has 2 saturated carbocycles. The highest BCUT2D eigenvalue weighted by atomic mass is 19.4. The van der Waals surface area contributed by atoms with E-state index < -0.39 is 12.1 Å². The molecule has 2 N–H and O–H groups in total. The monoisotopic (exact) mass is 532 g/mol. The lowest BCUT2D eigenvalue weighted by Gasteiger charge is -2.30. The molecule has 2 aliphatic rings. The first-order valence-corrected chi connectivity index (χ1v) is 13.6. The van der Waals surface area contributed by atoms with Crippen LogP contribution in [0.5, 0.6) is 0 Å². The number of carbonyl (C=O) groups excluding carboxylic acids is 1. The second kappa shape index (κ2) is 10.4. The van der Waals surface area contributed by atoms with Gasteiger partial charge in [0, 0.05) is 35.5 Å². The summed E-state index contributed by atoms with van der Waals surface area (Å²) in [6.07, 6.45) is 3.37. The van der Waals surface area contributed by atoms with Crippen molar-refractivity contribution in [3.05, 3.63) is 78.6 Å². The van der Waals surface area contributed by atoms with Gasteiger partial charge in [-0.1, -0.05) is 42.5 Å². The van der Waals surface area contributed by atoms with E-state index in [9.17, 15) is 18.0 Å². The fourth-order valence-electron chi connectivity index (χ4n) is 5.46. The molecule has 8 heteroatoms. The molecular formula is C31H31F3N4O. The third-order valence-corrected chi connectivity index (χ3v) is 7.96. The number of imidazole rings is 1. The Morgan fingerprint density at radius 1 is 0.897 bits per heavy atom. The topological polar surface area (TPSA) is 58.4 Å².